The molecule has 5 rings (SSSR count). The number of nitrogens with one attached hydrogen (secondary N) is 1. The third-order valence-electron chi connectivity index (χ3n) is 7.43. The number of anilines is 1. The summed E-state index contributed by atoms with van der Waals surface area (Å²) in [4.78, 5) is 14.2. The Morgan fingerprint density at radius 3 is 2.78 bits per heavy atom. The molecule has 0 saturated heterocycles. The van der Waals surface area contributed by atoms with Crippen molar-refractivity contribution in [1.82, 2.24) is 9.97 Å². The molecule has 0 amide bonds. The van der Waals surface area contributed by atoms with E-state index in [2.05, 4.69) is 12.2 Å². The molecule has 10 heteroatoms. The van der Waals surface area contributed by atoms with Gasteiger partial charge in [0.25, 0.3) is 0 Å². The lowest BCUT2D eigenvalue weighted by molar-refractivity contribution is -0.0919. The van der Waals surface area contributed by atoms with Crippen molar-refractivity contribution < 1.29 is 24.1 Å². The third-order valence-corrected chi connectivity index (χ3v) is 8.48. The number of aliphatic hydroxyl groups excluding tert-OH is 2. The fraction of sp³-hybridized carbons (Fsp3) is 0.577. The highest BCUT2D eigenvalue weighted by atomic mass is 32.2. The van der Waals surface area contributed by atoms with Crippen LogP contribution in [0.3, 0.4) is 0 Å². The zero-order valence-electron chi connectivity index (χ0n) is 20.2. The molecule has 2 heterocycles. The van der Waals surface area contributed by atoms with Crippen LogP contribution in [0.15, 0.2) is 28.3 Å². The molecule has 1 aromatic carbocycles. The molecule has 3 aliphatic rings. The minimum Gasteiger partial charge on any atom is -0.390 e. The number of halogens is 2. The van der Waals surface area contributed by atoms with E-state index in [-0.39, 0.29) is 18.4 Å². The largest absolute Gasteiger partial charge is 0.390 e. The van der Waals surface area contributed by atoms with Crippen LogP contribution in [0, 0.1) is 17.6 Å². The summed E-state index contributed by atoms with van der Waals surface area (Å²) in [6.07, 6.45) is 3.73. The van der Waals surface area contributed by atoms with E-state index >= 15 is 0 Å². The highest BCUT2D eigenvalue weighted by Crippen LogP contribution is 2.45. The Labute approximate surface area is 213 Å². The number of aromatic nitrogens is 2. The van der Waals surface area contributed by atoms with Gasteiger partial charge in [0.15, 0.2) is 22.6 Å². The van der Waals surface area contributed by atoms with Gasteiger partial charge in [0.1, 0.15) is 11.8 Å². The maximum absolute atomic E-state index is 13.8. The number of hydrogen-bond donors (Lipinski definition) is 4. The predicted molar refractivity (Wildman–Crippen MR) is 135 cm³/mol. The monoisotopic (exact) mass is 518 g/mol. The van der Waals surface area contributed by atoms with Gasteiger partial charge < -0.3 is 20.6 Å². The Kier molecular flexibility index (Phi) is 7.31. The van der Waals surface area contributed by atoms with E-state index in [1.54, 1.807) is 24.0 Å². The fourth-order valence-electron chi connectivity index (χ4n) is 5.28. The Morgan fingerprint density at radius 1 is 1.17 bits per heavy atom. The van der Waals surface area contributed by atoms with Crippen molar-refractivity contribution in [3.8, 4) is 0 Å². The van der Waals surface area contributed by atoms with Crippen molar-refractivity contribution in [3.05, 3.63) is 41.1 Å². The molecule has 1 aromatic heterocycles. The van der Waals surface area contributed by atoms with E-state index in [4.69, 9.17) is 15.0 Å². The number of nitrogens with zero attached hydrogens (tertiary/aromatic N) is 3. The van der Waals surface area contributed by atoms with Crippen molar-refractivity contribution >= 4 is 29.5 Å². The van der Waals surface area contributed by atoms with E-state index < -0.39 is 35.4 Å². The SMILES string of the molecule is CCCSc1nc2c(c(NC3CC3c3ccc(F)c(F)c3)n1)N=CC1CC(O)(CCCC2)C(O)C1O. The first-order valence-electron chi connectivity index (χ1n) is 12.7. The first kappa shape index (κ1) is 25.5. The van der Waals surface area contributed by atoms with Crippen molar-refractivity contribution in [3.63, 3.8) is 0 Å². The van der Waals surface area contributed by atoms with Crippen LogP contribution < -0.4 is 5.32 Å². The molecule has 194 valence electrons. The van der Waals surface area contributed by atoms with Gasteiger partial charge in [-0.05, 0) is 56.2 Å². The average Bonchev–Trinajstić information content (AvgIpc) is 3.59. The summed E-state index contributed by atoms with van der Waals surface area (Å²) in [6.45, 7) is 2.09. The molecule has 2 bridgehead atoms. The number of benzene rings is 1. The molecular weight excluding hydrogens is 486 g/mol. The molecule has 36 heavy (non-hydrogen) atoms. The molecule has 2 aromatic rings. The van der Waals surface area contributed by atoms with Crippen molar-refractivity contribution in [2.45, 2.75) is 86.8 Å². The Bertz CT molecular complexity index is 1150. The second-order valence-electron chi connectivity index (χ2n) is 10.2. The molecule has 0 radical (unpaired) electrons. The molecule has 0 spiro atoms. The van der Waals surface area contributed by atoms with E-state index in [9.17, 15) is 24.1 Å². The Hall–Kier alpha value is -2.14. The summed E-state index contributed by atoms with van der Waals surface area (Å²) >= 11 is 1.57. The van der Waals surface area contributed by atoms with Gasteiger partial charge >= 0.3 is 0 Å². The predicted octanol–water partition coefficient (Wildman–Crippen LogP) is 4.13. The zero-order valence-corrected chi connectivity index (χ0v) is 21.0. The van der Waals surface area contributed by atoms with Crippen LogP contribution in [0.4, 0.5) is 20.3 Å². The second kappa shape index (κ2) is 10.3. The van der Waals surface area contributed by atoms with Crippen molar-refractivity contribution in [1.29, 1.82) is 0 Å². The summed E-state index contributed by atoms with van der Waals surface area (Å²) < 4.78 is 27.2. The quantitative estimate of drug-likeness (QED) is 0.336. The normalized spacial score (nSPS) is 31.6. The zero-order chi connectivity index (χ0) is 25.4. The minimum atomic E-state index is -1.33. The number of thioether (sulfide) groups is 1. The van der Waals surface area contributed by atoms with Gasteiger partial charge in [-0.3, -0.25) is 4.99 Å². The third kappa shape index (κ3) is 5.14. The molecule has 4 N–H and O–H groups in total. The van der Waals surface area contributed by atoms with Gasteiger partial charge in [-0.1, -0.05) is 31.2 Å². The summed E-state index contributed by atoms with van der Waals surface area (Å²) in [6, 6.07) is 4.01. The summed E-state index contributed by atoms with van der Waals surface area (Å²) in [5.41, 5.74) is 0.797. The number of aliphatic hydroxyl groups is 3. The van der Waals surface area contributed by atoms with E-state index in [1.807, 2.05) is 0 Å². The van der Waals surface area contributed by atoms with Gasteiger partial charge in [0.2, 0.25) is 0 Å². The highest BCUT2D eigenvalue weighted by Gasteiger charge is 2.50. The maximum atomic E-state index is 13.8. The molecule has 6 unspecified atom stereocenters. The van der Waals surface area contributed by atoms with Gasteiger partial charge in [0, 0.05) is 29.8 Å². The highest BCUT2D eigenvalue weighted by molar-refractivity contribution is 7.99. The number of aryl methyl sites for hydroxylation is 1. The maximum Gasteiger partial charge on any atom is 0.189 e. The van der Waals surface area contributed by atoms with Gasteiger partial charge in [-0.2, -0.15) is 0 Å². The van der Waals surface area contributed by atoms with Crippen LogP contribution >= 0.6 is 11.8 Å². The number of aliphatic imine (C=N–C) groups is 1. The number of rotatable bonds is 6. The van der Waals surface area contributed by atoms with Crippen LogP contribution in [0.1, 0.15) is 62.6 Å². The standard InChI is InChI=1S/C26H32F2N4O3S/c1-2-9-36-25-31-19-5-3-4-8-26(35)12-15(22(33)23(26)34)13-29-21(19)24(32-25)30-20-11-16(20)14-6-7-17(27)18(28)10-14/h6-7,10,13,15-16,20,22-23,33-35H,2-5,8-9,11-12H2,1H3,(H,30,31,32). The van der Waals surface area contributed by atoms with Crippen LogP contribution in [0.2, 0.25) is 0 Å². The van der Waals surface area contributed by atoms with Gasteiger partial charge in [-0.15, -0.1) is 0 Å². The fourth-order valence-corrected chi connectivity index (χ4v) is 5.99. The molecule has 2 fully saturated rings. The Morgan fingerprint density at radius 2 is 2.00 bits per heavy atom. The van der Waals surface area contributed by atoms with Crippen LogP contribution in [-0.4, -0.2) is 61.1 Å². The lowest BCUT2D eigenvalue weighted by Crippen LogP contribution is -2.42. The summed E-state index contributed by atoms with van der Waals surface area (Å²) in [7, 11) is 0. The smallest absolute Gasteiger partial charge is 0.189 e. The molecule has 6 atom stereocenters. The first-order chi connectivity index (χ1) is 17.3. The summed E-state index contributed by atoms with van der Waals surface area (Å²) in [5, 5.41) is 36.0. The minimum absolute atomic E-state index is 0.00439. The van der Waals surface area contributed by atoms with Crippen molar-refractivity contribution in [2.75, 3.05) is 11.1 Å². The van der Waals surface area contributed by atoms with Gasteiger partial charge in [0.05, 0.1) is 17.4 Å². The van der Waals surface area contributed by atoms with Crippen LogP contribution in [0.5, 0.6) is 0 Å². The second-order valence-corrected chi connectivity index (χ2v) is 11.2. The lowest BCUT2D eigenvalue weighted by Gasteiger charge is -2.27. The lowest BCUT2D eigenvalue weighted by atomic mass is 9.91. The van der Waals surface area contributed by atoms with Crippen LogP contribution in [-0.2, 0) is 6.42 Å². The molecular formula is C26H32F2N4O3S. The Balaban J connectivity index is 1.46. The molecule has 1 aliphatic heterocycles. The van der Waals surface area contributed by atoms with Crippen molar-refractivity contribution in [2.24, 2.45) is 10.9 Å². The van der Waals surface area contributed by atoms with Crippen LogP contribution in [0.25, 0.3) is 0 Å². The molecule has 2 aliphatic carbocycles. The molecule has 7 nitrogen and oxygen atoms in total. The molecule has 2 saturated carbocycles. The van der Waals surface area contributed by atoms with E-state index in [1.165, 1.54) is 6.07 Å². The number of fused-ring (bicyclic) bond motifs is 3. The van der Waals surface area contributed by atoms with E-state index in [0.29, 0.717) is 35.9 Å². The van der Waals surface area contributed by atoms with Gasteiger partial charge in [-0.25, -0.2) is 18.7 Å². The summed E-state index contributed by atoms with van der Waals surface area (Å²) in [5.74, 6) is -0.718. The average molecular weight is 519 g/mol. The topological polar surface area (TPSA) is 111 Å². The van der Waals surface area contributed by atoms with E-state index in [0.717, 1.165) is 42.3 Å². The number of hydrogen-bond acceptors (Lipinski definition) is 8. The first-order valence-corrected chi connectivity index (χ1v) is 13.7.